The number of ether oxygens (including phenoxy) is 4. The minimum absolute atomic E-state index is 0.247. The molecule has 4 aromatic rings. The standard InChI is InChI=1S/C33H30I2N2O6S/c1-5-41-26-12-11-22(16-27(26)42-6-2)29-23(32(39)40-4)17-36-33-37(29)31(38)28(44-33)15-21-13-24(34)30(25(35)14-21)43-18-20-9-7-19(3)8-10-20/h7-17,29H,5-6,18H2,1-4H3/b28-15-/t29-/m1/s1. The van der Waals surface area contributed by atoms with E-state index in [4.69, 9.17) is 18.9 Å². The molecule has 0 N–H and O–H groups in total. The van der Waals surface area contributed by atoms with Crippen molar-refractivity contribution in [2.75, 3.05) is 20.3 Å². The maximum atomic E-state index is 14.0. The van der Waals surface area contributed by atoms with E-state index in [2.05, 4.69) is 81.4 Å². The molecule has 1 aliphatic heterocycles. The fraction of sp³-hybridized carbons (Fsp3) is 0.242. The lowest BCUT2D eigenvalue weighted by atomic mass is 9.97. The first-order valence-corrected chi connectivity index (χ1v) is 16.9. The van der Waals surface area contributed by atoms with Crippen molar-refractivity contribution >= 4 is 68.6 Å². The molecule has 1 atom stereocenters. The quantitative estimate of drug-likeness (QED) is 0.146. The molecule has 8 nitrogen and oxygen atoms in total. The fourth-order valence-corrected chi connectivity index (χ4v) is 7.88. The number of methoxy groups -OCH3 is 1. The molecule has 0 radical (unpaired) electrons. The molecule has 1 aliphatic rings. The molecule has 0 spiro atoms. The largest absolute Gasteiger partial charge is 0.490 e. The normalized spacial score (nSPS) is 14.4. The van der Waals surface area contributed by atoms with Crippen molar-refractivity contribution in [3.63, 3.8) is 0 Å². The van der Waals surface area contributed by atoms with Crippen LogP contribution in [0.5, 0.6) is 17.2 Å². The molecule has 5 rings (SSSR count). The maximum absolute atomic E-state index is 14.0. The van der Waals surface area contributed by atoms with Crippen LogP contribution < -0.4 is 29.1 Å². The number of fused-ring (bicyclic) bond motifs is 1. The van der Waals surface area contributed by atoms with Gasteiger partial charge in [0, 0.05) is 6.20 Å². The lowest BCUT2D eigenvalue weighted by Gasteiger charge is -2.23. The third-order valence-electron chi connectivity index (χ3n) is 6.83. The van der Waals surface area contributed by atoms with E-state index in [1.807, 2.05) is 38.1 Å². The first kappa shape index (κ1) is 32.2. The van der Waals surface area contributed by atoms with Crippen molar-refractivity contribution < 1.29 is 23.7 Å². The summed E-state index contributed by atoms with van der Waals surface area (Å²) in [5.74, 6) is 1.35. The monoisotopic (exact) mass is 836 g/mol. The highest BCUT2D eigenvalue weighted by Crippen LogP contribution is 2.35. The third-order valence-corrected chi connectivity index (χ3v) is 9.43. The number of hydrogen-bond donors (Lipinski definition) is 0. The number of nitrogens with zero attached hydrogens (tertiary/aromatic N) is 2. The number of aryl methyl sites for hydroxylation is 1. The highest BCUT2D eigenvalue weighted by molar-refractivity contribution is 14.1. The Kier molecular flexibility index (Phi) is 10.5. The molecular weight excluding hydrogens is 806 g/mol. The van der Waals surface area contributed by atoms with Gasteiger partial charge in [-0.25, -0.2) is 9.79 Å². The molecule has 0 aliphatic carbocycles. The molecule has 0 amide bonds. The first-order valence-electron chi connectivity index (χ1n) is 13.9. The molecule has 11 heteroatoms. The van der Waals surface area contributed by atoms with E-state index in [1.165, 1.54) is 30.2 Å². The Morgan fingerprint density at radius 2 is 1.66 bits per heavy atom. The zero-order valence-electron chi connectivity index (χ0n) is 24.6. The summed E-state index contributed by atoms with van der Waals surface area (Å²) in [6, 6.07) is 16.9. The lowest BCUT2D eigenvalue weighted by molar-refractivity contribution is -0.136. The third kappa shape index (κ3) is 6.89. The van der Waals surface area contributed by atoms with Crippen LogP contribution in [0.3, 0.4) is 0 Å². The summed E-state index contributed by atoms with van der Waals surface area (Å²) >= 11 is 5.79. The number of esters is 1. The topological polar surface area (TPSA) is 88.4 Å². The van der Waals surface area contributed by atoms with Crippen LogP contribution in [0.1, 0.15) is 42.1 Å². The van der Waals surface area contributed by atoms with Gasteiger partial charge in [0.15, 0.2) is 16.3 Å². The van der Waals surface area contributed by atoms with Crippen LogP contribution in [0.15, 0.2) is 76.2 Å². The van der Waals surface area contributed by atoms with Crippen LogP contribution in [-0.4, -0.2) is 30.9 Å². The van der Waals surface area contributed by atoms with E-state index in [1.54, 1.807) is 16.7 Å². The van der Waals surface area contributed by atoms with Crippen molar-refractivity contribution in [1.82, 2.24) is 4.57 Å². The summed E-state index contributed by atoms with van der Waals surface area (Å²) in [7, 11) is 1.31. The van der Waals surface area contributed by atoms with E-state index in [-0.39, 0.29) is 11.1 Å². The van der Waals surface area contributed by atoms with E-state index in [9.17, 15) is 9.59 Å². The molecule has 44 heavy (non-hydrogen) atoms. The predicted molar refractivity (Wildman–Crippen MR) is 187 cm³/mol. The summed E-state index contributed by atoms with van der Waals surface area (Å²) in [6.45, 7) is 7.20. The molecule has 0 unspecified atom stereocenters. The minimum Gasteiger partial charge on any atom is -0.490 e. The number of benzene rings is 3. The van der Waals surface area contributed by atoms with Gasteiger partial charge in [0.05, 0.1) is 43.6 Å². The van der Waals surface area contributed by atoms with Gasteiger partial charge in [0.1, 0.15) is 12.4 Å². The predicted octanol–water partition coefficient (Wildman–Crippen LogP) is 5.91. The highest BCUT2D eigenvalue weighted by atomic mass is 127. The molecule has 1 aromatic heterocycles. The zero-order valence-corrected chi connectivity index (χ0v) is 29.7. The summed E-state index contributed by atoms with van der Waals surface area (Å²) in [6.07, 6.45) is 3.33. The molecule has 3 aromatic carbocycles. The number of thiazole rings is 1. The number of halogens is 2. The summed E-state index contributed by atoms with van der Waals surface area (Å²) < 4.78 is 26.7. The van der Waals surface area contributed by atoms with Gasteiger partial charge in [-0.3, -0.25) is 9.36 Å². The van der Waals surface area contributed by atoms with Crippen LogP contribution >= 0.6 is 56.5 Å². The van der Waals surface area contributed by atoms with Crippen LogP contribution in [0.25, 0.3) is 6.08 Å². The average Bonchev–Trinajstić information content (AvgIpc) is 3.32. The van der Waals surface area contributed by atoms with Crippen molar-refractivity contribution in [1.29, 1.82) is 0 Å². The van der Waals surface area contributed by atoms with E-state index >= 15 is 0 Å². The second-order valence-electron chi connectivity index (χ2n) is 9.84. The van der Waals surface area contributed by atoms with Gasteiger partial charge in [0.2, 0.25) is 0 Å². The van der Waals surface area contributed by atoms with Gasteiger partial charge in [-0.1, -0.05) is 47.2 Å². The zero-order chi connectivity index (χ0) is 31.4. The molecule has 228 valence electrons. The Hall–Kier alpha value is -3.17. The van der Waals surface area contributed by atoms with Crippen LogP contribution in [0.2, 0.25) is 0 Å². The van der Waals surface area contributed by atoms with Gasteiger partial charge in [0.25, 0.3) is 5.56 Å². The highest BCUT2D eigenvalue weighted by Gasteiger charge is 2.31. The van der Waals surface area contributed by atoms with E-state index in [0.29, 0.717) is 46.2 Å². The minimum atomic E-state index is -0.756. The second kappa shape index (κ2) is 14.3. The number of rotatable bonds is 10. The fourth-order valence-electron chi connectivity index (χ4n) is 4.78. The maximum Gasteiger partial charge on any atom is 0.337 e. The second-order valence-corrected chi connectivity index (χ2v) is 13.2. The molecule has 0 bridgehead atoms. The molecule has 2 heterocycles. The van der Waals surface area contributed by atoms with Gasteiger partial charge < -0.3 is 18.9 Å². The van der Waals surface area contributed by atoms with Crippen LogP contribution in [0, 0.1) is 14.1 Å². The van der Waals surface area contributed by atoms with Gasteiger partial charge in [-0.15, -0.1) is 0 Å². The van der Waals surface area contributed by atoms with Gasteiger partial charge >= 0.3 is 5.97 Å². The van der Waals surface area contributed by atoms with Gasteiger partial charge in [-0.2, -0.15) is 0 Å². The summed E-state index contributed by atoms with van der Waals surface area (Å²) in [5, 5.41) is 0. The van der Waals surface area contributed by atoms with Crippen LogP contribution in [-0.2, 0) is 16.1 Å². The van der Waals surface area contributed by atoms with Crippen LogP contribution in [0.4, 0.5) is 0 Å². The summed E-state index contributed by atoms with van der Waals surface area (Å²) in [4.78, 5) is 31.8. The smallest absolute Gasteiger partial charge is 0.337 e. The van der Waals surface area contributed by atoms with Crippen molar-refractivity contribution in [2.45, 2.75) is 33.4 Å². The number of carbonyl (C=O) groups is 1. The number of hydrogen-bond acceptors (Lipinski definition) is 8. The van der Waals surface area contributed by atoms with Crippen molar-refractivity contribution in [2.24, 2.45) is 4.99 Å². The Balaban J connectivity index is 1.54. The Labute approximate surface area is 286 Å². The van der Waals surface area contributed by atoms with Gasteiger partial charge in [-0.05, 0) is 113 Å². The molecular formula is C33H30I2N2O6S. The SMILES string of the molecule is CCOc1ccc([C@@H]2C(C(=O)OC)=CN=c3s/c(=C\c4cc(I)c(OCc5ccc(C)cc5)c(I)c4)c(=O)n32)cc1OCC. The van der Waals surface area contributed by atoms with Crippen molar-refractivity contribution in [3.05, 3.63) is 115 Å². The van der Waals surface area contributed by atoms with E-state index < -0.39 is 12.0 Å². The Morgan fingerprint density at radius 3 is 2.32 bits per heavy atom. The molecule has 0 fully saturated rings. The lowest BCUT2D eigenvalue weighted by Crippen LogP contribution is -2.39. The average molecular weight is 836 g/mol. The van der Waals surface area contributed by atoms with Crippen molar-refractivity contribution in [3.8, 4) is 17.2 Å². The number of carbonyl (C=O) groups excluding carboxylic acids is 1. The Morgan fingerprint density at radius 1 is 0.977 bits per heavy atom. The van der Waals surface area contributed by atoms with E-state index in [0.717, 1.165) is 24.0 Å². The summed E-state index contributed by atoms with van der Waals surface area (Å²) in [5.41, 5.74) is 3.82. The first-order chi connectivity index (χ1) is 21.2. The molecule has 0 saturated heterocycles. The molecule has 0 saturated carbocycles. The number of aromatic nitrogens is 1. The Bertz CT molecular complexity index is 1890.